The molecule has 1 rings (SSSR count). The van der Waals surface area contributed by atoms with Crippen LogP contribution in [0.25, 0.3) is 0 Å². The number of carbonyl (C=O) groups is 1. The van der Waals surface area contributed by atoms with Gasteiger partial charge >= 0.3 is 5.97 Å². The molecule has 0 radical (unpaired) electrons. The average molecular weight is 157 g/mol. The van der Waals surface area contributed by atoms with Crippen molar-refractivity contribution in [3.05, 3.63) is 0 Å². The summed E-state index contributed by atoms with van der Waals surface area (Å²) < 4.78 is 0. The summed E-state index contributed by atoms with van der Waals surface area (Å²) in [7, 11) is 0. The van der Waals surface area contributed by atoms with Crippen LogP contribution in [0.4, 0.5) is 0 Å². The zero-order valence-corrected chi connectivity index (χ0v) is 7.09. The third-order valence-corrected chi connectivity index (χ3v) is 1.83. The molecule has 0 aromatic carbocycles. The van der Waals surface area contributed by atoms with E-state index in [1.165, 1.54) is 6.42 Å². The van der Waals surface area contributed by atoms with Crippen LogP contribution in [0.2, 0.25) is 0 Å². The first-order chi connectivity index (χ1) is 5.20. The topological polar surface area (TPSA) is 38.3 Å². The maximum Gasteiger partial charge on any atom is 0.327 e. The minimum absolute atomic E-state index is 0.0926. The van der Waals surface area contributed by atoms with Gasteiger partial charge in [0.2, 0.25) is 0 Å². The van der Waals surface area contributed by atoms with E-state index < -0.39 is 0 Å². The molecule has 3 nitrogen and oxygen atoms in total. The molecule has 0 aromatic heterocycles. The summed E-state index contributed by atoms with van der Waals surface area (Å²) in [6.07, 6.45) is 3.17. The maximum absolute atomic E-state index is 11.0. The molecule has 0 spiro atoms. The van der Waals surface area contributed by atoms with Gasteiger partial charge in [-0.25, -0.2) is 0 Å². The van der Waals surface area contributed by atoms with E-state index in [9.17, 15) is 4.79 Å². The quantitative estimate of drug-likeness (QED) is 0.626. The Balaban J connectivity index is 2.10. The van der Waals surface area contributed by atoms with Crippen molar-refractivity contribution >= 4 is 5.97 Å². The fourth-order valence-electron chi connectivity index (χ4n) is 0.903. The zero-order chi connectivity index (χ0) is 8.27. The summed E-state index contributed by atoms with van der Waals surface area (Å²) in [4.78, 5) is 15.9. The fourth-order valence-corrected chi connectivity index (χ4v) is 0.903. The smallest absolute Gasteiger partial charge is 0.327 e. The van der Waals surface area contributed by atoms with E-state index in [1.807, 2.05) is 13.8 Å². The van der Waals surface area contributed by atoms with Crippen molar-refractivity contribution in [3.63, 3.8) is 0 Å². The molecule has 11 heavy (non-hydrogen) atoms. The summed E-state index contributed by atoms with van der Waals surface area (Å²) in [6.45, 7) is 3.88. The number of rotatable bonds is 3. The van der Waals surface area contributed by atoms with Crippen LogP contribution in [-0.2, 0) is 9.63 Å². The molecule has 64 valence electrons. The highest BCUT2D eigenvalue weighted by Gasteiger charge is 2.26. The second-order valence-electron chi connectivity index (χ2n) is 3.32. The van der Waals surface area contributed by atoms with Crippen LogP contribution < -0.4 is 5.48 Å². The van der Waals surface area contributed by atoms with Gasteiger partial charge in [-0.05, 0) is 26.7 Å². The number of hydrogen-bond donors (Lipinski definition) is 1. The predicted octanol–water partition coefficient (Wildman–Crippen LogP) is 1.24. The Kier molecular flexibility index (Phi) is 2.88. The third kappa shape index (κ3) is 2.50. The number of nitrogens with one attached hydrogen (secondary N) is 1. The van der Waals surface area contributed by atoms with E-state index >= 15 is 0 Å². The molecule has 0 aromatic rings. The van der Waals surface area contributed by atoms with Gasteiger partial charge in [-0.3, -0.25) is 4.79 Å². The molecule has 3 heteroatoms. The van der Waals surface area contributed by atoms with Crippen LogP contribution in [0.1, 0.15) is 33.1 Å². The van der Waals surface area contributed by atoms with Gasteiger partial charge in [0.15, 0.2) is 0 Å². The summed E-state index contributed by atoms with van der Waals surface area (Å²) in [5.41, 5.74) is 2.64. The number of hydroxylamine groups is 1. The Hall–Kier alpha value is -0.570. The minimum Gasteiger partial charge on any atom is -0.370 e. The lowest BCUT2D eigenvalue weighted by Crippen LogP contribution is -2.32. The van der Waals surface area contributed by atoms with Gasteiger partial charge in [-0.2, -0.15) is 5.48 Å². The largest absolute Gasteiger partial charge is 0.370 e. The lowest BCUT2D eigenvalue weighted by Gasteiger charge is -2.23. The molecule has 1 N–H and O–H groups in total. The molecule has 0 saturated heterocycles. The molecule has 0 amide bonds. The Morgan fingerprint density at radius 3 is 2.55 bits per heavy atom. The maximum atomic E-state index is 11.0. The third-order valence-electron chi connectivity index (χ3n) is 1.83. The fraction of sp³-hybridized carbons (Fsp3) is 0.875. The Morgan fingerprint density at radius 1 is 1.55 bits per heavy atom. The van der Waals surface area contributed by atoms with Crippen LogP contribution in [0.15, 0.2) is 0 Å². The van der Waals surface area contributed by atoms with Crippen LogP contribution in [0.3, 0.4) is 0 Å². The Bertz CT molecular complexity index is 141. The van der Waals surface area contributed by atoms with Gasteiger partial charge in [0.25, 0.3) is 0 Å². The highest BCUT2D eigenvalue weighted by atomic mass is 16.7. The van der Waals surface area contributed by atoms with Crippen molar-refractivity contribution in [2.45, 2.75) is 39.2 Å². The molecule has 1 aliphatic rings. The van der Waals surface area contributed by atoms with Gasteiger partial charge in [0, 0.05) is 6.04 Å². The van der Waals surface area contributed by atoms with Crippen LogP contribution in [0.5, 0.6) is 0 Å². The molecule has 0 unspecified atom stereocenters. The molecule has 0 bridgehead atoms. The van der Waals surface area contributed by atoms with E-state index in [4.69, 9.17) is 4.84 Å². The summed E-state index contributed by atoms with van der Waals surface area (Å²) in [5, 5.41) is 0. The van der Waals surface area contributed by atoms with Gasteiger partial charge in [0.1, 0.15) is 0 Å². The monoisotopic (exact) mass is 157 g/mol. The van der Waals surface area contributed by atoms with Crippen molar-refractivity contribution < 1.29 is 9.63 Å². The lowest BCUT2D eigenvalue weighted by atomic mass is 9.86. The van der Waals surface area contributed by atoms with Crippen molar-refractivity contribution in [3.8, 4) is 0 Å². The second kappa shape index (κ2) is 3.72. The molecule has 1 aliphatic carbocycles. The van der Waals surface area contributed by atoms with Gasteiger partial charge < -0.3 is 4.84 Å². The Morgan fingerprint density at radius 2 is 2.18 bits per heavy atom. The standard InChI is InChI=1S/C8H15NO2/c1-6(2)9-11-8(10)7-4-3-5-7/h6-7,9H,3-5H2,1-2H3. The number of hydrogen-bond acceptors (Lipinski definition) is 3. The molecular weight excluding hydrogens is 142 g/mol. The van der Waals surface area contributed by atoms with Gasteiger partial charge in [-0.1, -0.05) is 6.42 Å². The first-order valence-corrected chi connectivity index (χ1v) is 4.16. The summed E-state index contributed by atoms with van der Waals surface area (Å²) in [5.74, 6) is 0.0752. The van der Waals surface area contributed by atoms with E-state index in [0.717, 1.165) is 12.8 Å². The SMILES string of the molecule is CC(C)NOC(=O)C1CCC1. The Labute approximate surface area is 67.1 Å². The lowest BCUT2D eigenvalue weighted by molar-refractivity contribution is -0.160. The van der Waals surface area contributed by atoms with Crippen LogP contribution in [-0.4, -0.2) is 12.0 Å². The first-order valence-electron chi connectivity index (χ1n) is 4.16. The molecular formula is C8H15NO2. The van der Waals surface area contributed by atoms with Crippen molar-refractivity contribution in [2.24, 2.45) is 5.92 Å². The first kappa shape index (κ1) is 8.53. The second-order valence-corrected chi connectivity index (χ2v) is 3.32. The number of carbonyl (C=O) groups excluding carboxylic acids is 1. The average Bonchev–Trinajstić information content (AvgIpc) is 1.79. The molecule has 1 fully saturated rings. The summed E-state index contributed by atoms with van der Waals surface area (Å²) in [6, 6.07) is 0.207. The highest BCUT2D eigenvalue weighted by molar-refractivity contribution is 5.72. The highest BCUT2D eigenvalue weighted by Crippen LogP contribution is 2.26. The van der Waals surface area contributed by atoms with Crippen molar-refractivity contribution in [2.75, 3.05) is 0 Å². The summed E-state index contributed by atoms with van der Waals surface area (Å²) >= 11 is 0. The molecule has 0 aliphatic heterocycles. The molecule has 0 atom stereocenters. The van der Waals surface area contributed by atoms with Crippen LogP contribution >= 0.6 is 0 Å². The predicted molar refractivity (Wildman–Crippen MR) is 41.7 cm³/mol. The zero-order valence-electron chi connectivity index (χ0n) is 7.09. The van der Waals surface area contributed by atoms with Crippen LogP contribution in [0, 0.1) is 5.92 Å². The van der Waals surface area contributed by atoms with Crippen molar-refractivity contribution in [1.82, 2.24) is 5.48 Å². The van der Waals surface area contributed by atoms with E-state index in [2.05, 4.69) is 5.48 Å². The molecule has 1 saturated carbocycles. The van der Waals surface area contributed by atoms with Gasteiger partial charge in [-0.15, -0.1) is 0 Å². The van der Waals surface area contributed by atoms with E-state index in [1.54, 1.807) is 0 Å². The molecule has 0 heterocycles. The van der Waals surface area contributed by atoms with Crippen molar-refractivity contribution in [1.29, 1.82) is 0 Å². The normalized spacial score (nSPS) is 18.1. The van der Waals surface area contributed by atoms with E-state index in [-0.39, 0.29) is 17.9 Å². The minimum atomic E-state index is -0.0926. The van der Waals surface area contributed by atoms with Gasteiger partial charge in [0.05, 0.1) is 5.92 Å². The van der Waals surface area contributed by atoms with E-state index in [0.29, 0.717) is 0 Å².